The van der Waals surface area contributed by atoms with E-state index in [1.54, 1.807) is 72.8 Å². The Kier molecular flexibility index (Phi) is 10.0. The van der Waals surface area contributed by atoms with Gasteiger partial charge in [0.25, 0.3) is 5.91 Å². The fourth-order valence-corrected chi connectivity index (χ4v) is 4.01. The number of amides is 2. The Morgan fingerprint density at radius 3 is 2.08 bits per heavy atom. The van der Waals surface area contributed by atoms with E-state index in [0.29, 0.717) is 16.8 Å². The SMILES string of the molecule is COC(=O)c1ccc(/C=C/C(=O)N[C@@H](Cc2ccc(NC(=O)c3c(Cl)cccc3Cl)cc2)C(=O)OC)cc1. The number of halogens is 2. The van der Waals surface area contributed by atoms with Crippen LogP contribution in [-0.2, 0) is 25.5 Å². The quantitative estimate of drug-likeness (QED) is 0.286. The van der Waals surface area contributed by atoms with E-state index >= 15 is 0 Å². The lowest BCUT2D eigenvalue weighted by molar-refractivity contribution is -0.144. The van der Waals surface area contributed by atoms with Crippen LogP contribution in [0, 0.1) is 0 Å². The molecule has 0 radical (unpaired) electrons. The van der Waals surface area contributed by atoms with E-state index in [9.17, 15) is 19.2 Å². The molecule has 3 aromatic carbocycles. The summed E-state index contributed by atoms with van der Waals surface area (Å²) < 4.78 is 9.50. The van der Waals surface area contributed by atoms with Crippen LogP contribution in [0.5, 0.6) is 0 Å². The number of anilines is 1. The smallest absolute Gasteiger partial charge is 0.337 e. The first-order valence-electron chi connectivity index (χ1n) is 11.3. The van der Waals surface area contributed by atoms with Gasteiger partial charge in [0.15, 0.2) is 0 Å². The van der Waals surface area contributed by atoms with Gasteiger partial charge in [-0.15, -0.1) is 0 Å². The van der Waals surface area contributed by atoms with Gasteiger partial charge in [-0.1, -0.05) is 53.5 Å². The molecule has 196 valence electrons. The van der Waals surface area contributed by atoms with Crippen molar-refractivity contribution in [2.75, 3.05) is 19.5 Å². The highest BCUT2D eigenvalue weighted by atomic mass is 35.5. The van der Waals surface area contributed by atoms with Crippen molar-refractivity contribution in [3.8, 4) is 0 Å². The minimum atomic E-state index is -0.943. The van der Waals surface area contributed by atoms with E-state index in [1.807, 2.05) is 0 Å². The van der Waals surface area contributed by atoms with Crippen molar-refractivity contribution in [1.82, 2.24) is 5.32 Å². The van der Waals surface area contributed by atoms with Gasteiger partial charge < -0.3 is 20.1 Å². The Morgan fingerprint density at radius 2 is 1.50 bits per heavy atom. The molecule has 0 aromatic heterocycles. The van der Waals surface area contributed by atoms with Gasteiger partial charge >= 0.3 is 11.9 Å². The number of rotatable bonds is 9. The molecule has 0 aliphatic carbocycles. The van der Waals surface area contributed by atoms with Gasteiger partial charge in [0.05, 0.1) is 35.4 Å². The van der Waals surface area contributed by atoms with Gasteiger partial charge in [0.1, 0.15) is 6.04 Å². The number of benzene rings is 3. The van der Waals surface area contributed by atoms with E-state index in [1.165, 1.54) is 20.3 Å². The topological polar surface area (TPSA) is 111 Å². The summed E-state index contributed by atoms with van der Waals surface area (Å²) in [5, 5.41) is 5.82. The Labute approximate surface area is 229 Å². The van der Waals surface area contributed by atoms with Crippen LogP contribution in [0.2, 0.25) is 10.0 Å². The second-order valence-electron chi connectivity index (χ2n) is 7.98. The lowest BCUT2D eigenvalue weighted by atomic mass is 10.1. The third-order valence-electron chi connectivity index (χ3n) is 5.40. The second-order valence-corrected chi connectivity index (χ2v) is 8.80. The molecule has 0 saturated heterocycles. The lowest BCUT2D eigenvalue weighted by Crippen LogP contribution is -2.42. The monoisotopic (exact) mass is 554 g/mol. The molecule has 0 aliphatic rings. The zero-order chi connectivity index (χ0) is 27.7. The number of carbonyl (C=O) groups is 4. The van der Waals surface area contributed by atoms with Crippen molar-refractivity contribution in [2.24, 2.45) is 0 Å². The first kappa shape index (κ1) is 28.4. The summed E-state index contributed by atoms with van der Waals surface area (Å²) in [5.41, 5.74) is 2.45. The highest BCUT2D eigenvalue weighted by molar-refractivity contribution is 6.40. The number of nitrogens with one attached hydrogen (secondary N) is 2. The lowest BCUT2D eigenvalue weighted by Gasteiger charge is -2.16. The van der Waals surface area contributed by atoms with Gasteiger partial charge in [-0.3, -0.25) is 9.59 Å². The van der Waals surface area contributed by atoms with E-state index in [4.69, 9.17) is 27.9 Å². The number of esters is 2. The maximum absolute atomic E-state index is 12.6. The highest BCUT2D eigenvalue weighted by Crippen LogP contribution is 2.25. The van der Waals surface area contributed by atoms with Crippen LogP contribution in [0.3, 0.4) is 0 Å². The Balaban J connectivity index is 1.63. The summed E-state index contributed by atoms with van der Waals surface area (Å²) in [4.78, 5) is 48.9. The highest BCUT2D eigenvalue weighted by Gasteiger charge is 2.21. The predicted molar refractivity (Wildman–Crippen MR) is 145 cm³/mol. The summed E-state index contributed by atoms with van der Waals surface area (Å²) >= 11 is 12.2. The summed E-state index contributed by atoms with van der Waals surface area (Å²) in [5.74, 6) is -2.03. The third kappa shape index (κ3) is 7.68. The summed E-state index contributed by atoms with van der Waals surface area (Å²) in [6.07, 6.45) is 2.99. The summed E-state index contributed by atoms with van der Waals surface area (Å²) in [7, 11) is 2.53. The number of methoxy groups -OCH3 is 2. The fraction of sp³-hybridized carbons (Fsp3) is 0.143. The van der Waals surface area contributed by atoms with E-state index in [0.717, 1.165) is 5.56 Å². The minimum Gasteiger partial charge on any atom is -0.467 e. The number of hydrogen-bond acceptors (Lipinski definition) is 6. The molecule has 0 spiro atoms. The number of hydrogen-bond donors (Lipinski definition) is 2. The van der Waals surface area contributed by atoms with Gasteiger partial charge in [0.2, 0.25) is 5.91 Å². The number of carbonyl (C=O) groups excluding carboxylic acids is 4. The van der Waals surface area contributed by atoms with Crippen molar-refractivity contribution in [3.05, 3.63) is 105 Å². The van der Waals surface area contributed by atoms with E-state index < -0.39 is 29.8 Å². The molecule has 38 heavy (non-hydrogen) atoms. The van der Waals surface area contributed by atoms with Crippen LogP contribution >= 0.6 is 23.2 Å². The molecule has 0 saturated carbocycles. The van der Waals surface area contributed by atoms with Gasteiger partial charge in [-0.05, 0) is 53.6 Å². The largest absolute Gasteiger partial charge is 0.467 e. The minimum absolute atomic E-state index is 0.157. The molecule has 0 unspecified atom stereocenters. The second kappa shape index (κ2) is 13.4. The van der Waals surface area contributed by atoms with Crippen molar-refractivity contribution < 1.29 is 28.7 Å². The molecule has 8 nitrogen and oxygen atoms in total. The molecule has 1 atom stereocenters. The van der Waals surface area contributed by atoms with Crippen molar-refractivity contribution in [3.63, 3.8) is 0 Å². The molecule has 0 aliphatic heterocycles. The molecule has 10 heteroatoms. The Morgan fingerprint density at radius 1 is 0.868 bits per heavy atom. The van der Waals surface area contributed by atoms with Crippen LogP contribution in [0.4, 0.5) is 5.69 Å². The molecule has 0 bridgehead atoms. The first-order chi connectivity index (χ1) is 18.2. The zero-order valence-corrected chi connectivity index (χ0v) is 22.0. The number of ether oxygens (including phenoxy) is 2. The van der Waals surface area contributed by atoms with Crippen LogP contribution in [-0.4, -0.2) is 44.0 Å². The predicted octanol–water partition coefficient (Wildman–Crippen LogP) is 4.95. The normalized spacial score (nSPS) is 11.5. The van der Waals surface area contributed by atoms with Crippen molar-refractivity contribution in [1.29, 1.82) is 0 Å². The van der Waals surface area contributed by atoms with Crippen LogP contribution in [0.1, 0.15) is 31.8 Å². The molecular formula is C28H24Cl2N2O6. The standard InChI is InChI=1S/C28H24Cl2N2O6/c1-37-27(35)19-11-6-17(7-12-19)10-15-24(33)32-23(28(36)38-2)16-18-8-13-20(14-9-18)31-26(34)25-21(29)4-3-5-22(25)30/h3-15,23H,16H2,1-2H3,(H,31,34)(H,32,33)/b15-10+/t23-/m0/s1. The molecular weight excluding hydrogens is 531 g/mol. The van der Waals surface area contributed by atoms with E-state index in [-0.39, 0.29) is 22.0 Å². The van der Waals surface area contributed by atoms with Crippen molar-refractivity contribution in [2.45, 2.75) is 12.5 Å². The van der Waals surface area contributed by atoms with Gasteiger partial charge in [0, 0.05) is 18.2 Å². The molecule has 0 fully saturated rings. The average Bonchev–Trinajstić information content (AvgIpc) is 2.91. The third-order valence-corrected chi connectivity index (χ3v) is 6.03. The maximum Gasteiger partial charge on any atom is 0.337 e. The van der Waals surface area contributed by atoms with Gasteiger partial charge in [-0.25, -0.2) is 9.59 Å². The van der Waals surface area contributed by atoms with Crippen LogP contribution in [0.15, 0.2) is 72.8 Å². The van der Waals surface area contributed by atoms with Crippen LogP contribution < -0.4 is 10.6 Å². The zero-order valence-electron chi connectivity index (χ0n) is 20.5. The maximum atomic E-state index is 12.6. The fourth-order valence-electron chi connectivity index (χ4n) is 3.44. The first-order valence-corrected chi connectivity index (χ1v) is 12.1. The van der Waals surface area contributed by atoms with Crippen LogP contribution in [0.25, 0.3) is 6.08 Å². The summed E-state index contributed by atoms with van der Waals surface area (Å²) in [6.45, 7) is 0. The molecule has 2 amide bonds. The molecule has 0 heterocycles. The average molecular weight is 555 g/mol. The van der Waals surface area contributed by atoms with E-state index in [2.05, 4.69) is 15.4 Å². The van der Waals surface area contributed by atoms with Gasteiger partial charge in [-0.2, -0.15) is 0 Å². The Hall–Kier alpha value is -4.14. The molecule has 2 N–H and O–H groups in total. The summed E-state index contributed by atoms with van der Waals surface area (Å²) in [6, 6.07) is 17.1. The van der Waals surface area contributed by atoms with Crippen molar-refractivity contribution >= 4 is 58.7 Å². The molecule has 3 rings (SSSR count). The molecule has 3 aromatic rings. The Bertz CT molecular complexity index is 1330.